The molecule has 0 fully saturated rings. The summed E-state index contributed by atoms with van der Waals surface area (Å²) in [5.74, 6) is 0. The SMILES string of the molecule is CC(C)OP(=S)(OC(C)C)SC(/C=C\O[Si](C)(C)C)c1ccccc1. The molecule has 7 heteroatoms. The molecule has 25 heavy (non-hydrogen) atoms. The quantitative estimate of drug-likeness (QED) is 0.234. The van der Waals surface area contributed by atoms with Crippen molar-refractivity contribution in [2.45, 2.75) is 64.8 Å². The molecule has 1 aromatic carbocycles. The van der Waals surface area contributed by atoms with E-state index >= 15 is 0 Å². The van der Waals surface area contributed by atoms with Crippen molar-refractivity contribution in [1.82, 2.24) is 0 Å². The maximum atomic E-state index is 6.05. The summed E-state index contributed by atoms with van der Waals surface area (Å²) in [6, 6.07) is 10.3. The van der Waals surface area contributed by atoms with Crippen molar-refractivity contribution < 1.29 is 13.5 Å². The third-order valence-corrected chi connectivity index (χ3v) is 9.11. The van der Waals surface area contributed by atoms with Crippen LogP contribution in [-0.2, 0) is 25.3 Å². The van der Waals surface area contributed by atoms with Gasteiger partial charge in [-0.25, -0.2) is 0 Å². The largest absolute Gasteiger partial charge is 0.550 e. The van der Waals surface area contributed by atoms with Gasteiger partial charge in [0.2, 0.25) is 14.0 Å². The van der Waals surface area contributed by atoms with Gasteiger partial charge in [0.05, 0.1) is 23.7 Å². The molecule has 0 bridgehead atoms. The molecule has 0 saturated heterocycles. The highest BCUT2D eigenvalue weighted by atomic mass is 32.9. The van der Waals surface area contributed by atoms with Crippen molar-refractivity contribution in [3.8, 4) is 0 Å². The lowest BCUT2D eigenvalue weighted by molar-refractivity contribution is 0.186. The summed E-state index contributed by atoms with van der Waals surface area (Å²) in [6.45, 7) is 14.5. The molecule has 0 radical (unpaired) electrons. The van der Waals surface area contributed by atoms with Crippen LogP contribution in [0.15, 0.2) is 42.7 Å². The van der Waals surface area contributed by atoms with E-state index in [1.54, 1.807) is 11.4 Å². The van der Waals surface area contributed by atoms with Crippen LogP contribution in [0.1, 0.15) is 38.5 Å². The Labute approximate surface area is 163 Å². The van der Waals surface area contributed by atoms with Crippen LogP contribution in [0.3, 0.4) is 0 Å². The van der Waals surface area contributed by atoms with Gasteiger partial charge in [0.1, 0.15) is 0 Å². The molecule has 0 aliphatic rings. The normalized spacial score (nSPS) is 14.4. The van der Waals surface area contributed by atoms with E-state index in [0.29, 0.717) is 0 Å². The predicted octanol–water partition coefficient (Wildman–Crippen LogP) is 6.90. The highest BCUT2D eigenvalue weighted by Gasteiger charge is 2.28. The van der Waals surface area contributed by atoms with Gasteiger partial charge in [0.15, 0.2) is 0 Å². The molecule has 1 aromatic rings. The third-order valence-electron chi connectivity index (χ3n) is 2.73. The summed E-state index contributed by atoms with van der Waals surface area (Å²) in [5, 5.41) is 0.0286. The van der Waals surface area contributed by atoms with Crippen LogP contribution in [0.2, 0.25) is 19.6 Å². The molecular weight excluding hydrogens is 387 g/mol. The van der Waals surface area contributed by atoms with Crippen molar-refractivity contribution in [3.63, 3.8) is 0 Å². The van der Waals surface area contributed by atoms with Gasteiger partial charge in [-0.3, -0.25) is 0 Å². The summed E-state index contributed by atoms with van der Waals surface area (Å²) in [5.41, 5.74) is -1.32. The average molecular weight is 419 g/mol. The Morgan fingerprint density at radius 1 is 1.00 bits per heavy atom. The summed E-state index contributed by atoms with van der Waals surface area (Å²) in [6.07, 6.45) is 3.93. The molecule has 0 amide bonds. The summed E-state index contributed by atoms with van der Waals surface area (Å²) < 4.78 is 18.0. The van der Waals surface area contributed by atoms with Gasteiger partial charge in [-0.2, -0.15) is 0 Å². The van der Waals surface area contributed by atoms with Crippen LogP contribution in [0.25, 0.3) is 0 Å². The fraction of sp³-hybridized carbons (Fsp3) is 0.556. The first kappa shape index (κ1) is 22.9. The van der Waals surface area contributed by atoms with Crippen molar-refractivity contribution in [1.29, 1.82) is 0 Å². The van der Waals surface area contributed by atoms with Gasteiger partial charge in [-0.15, -0.1) is 0 Å². The van der Waals surface area contributed by atoms with Gasteiger partial charge in [0.25, 0.3) is 0 Å². The Morgan fingerprint density at radius 3 is 1.96 bits per heavy atom. The van der Waals surface area contributed by atoms with Gasteiger partial charge in [0, 0.05) is 0 Å². The molecule has 3 nitrogen and oxygen atoms in total. The lowest BCUT2D eigenvalue weighted by Crippen LogP contribution is -2.22. The zero-order valence-electron chi connectivity index (χ0n) is 16.3. The lowest BCUT2D eigenvalue weighted by Gasteiger charge is -2.28. The van der Waals surface area contributed by atoms with Crippen molar-refractivity contribution in [3.05, 3.63) is 48.2 Å². The van der Waals surface area contributed by atoms with Crippen molar-refractivity contribution in [2.24, 2.45) is 0 Å². The Hall–Kier alpha value is -0.103. The third kappa shape index (κ3) is 9.97. The zero-order chi connectivity index (χ0) is 19.1. The Morgan fingerprint density at radius 2 is 1.52 bits per heavy atom. The van der Waals surface area contributed by atoms with Gasteiger partial charge in [-0.05, 0) is 70.8 Å². The Kier molecular flexibility index (Phi) is 9.44. The van der Waals surface area contributed by atoms with E-state index in [1.807, 2.05) is 52.2 Å². The molecule has 0 N–H and O–H groups in total. The second kappa shape index (κ2) is 10.3. The fourth-order valence-corrected chi connectivity index (χ4v) is 8.86. The molecule has 0 spiro atoms. The van der Waals surface area contributed by atoms with E-state index in [1.165, 1.54) is 0 Å². The molecule has 1 atom stereocenters. The lowest BCUT2D eigenvalue weighted by atomic mass is 10.1. The smallest absolute Gasteiger partial charge is 0.248 e. The topological polar surface area (TPSA) is 27.7 Å². The first-order chi connectivity index (χ1) is 11.5. The predicted molar refractivity (Wildman–Crippen MR) is 117 cm³/mol. The highest BCUT2D eigenvalue weighted by Crippen LogP contribution is 2.67. The monoisotopic (exact) mass is 418 g/mol. The maximum Gasteiger partial charge on any atom is 0.248 e. The summed E-state index contributed by atoms with van der Waals surface area (Å²) in [4.78, 5) is 0. The van der Waals surface area contributed by atoms with Gasteiger partial charge >= 0.3 is 0 Å². The molecule has 1 unspecified atom stereocenters. The minimum atomic E-state index is -2.48. The zero-order valence-corrected chi connectivity index (χ0v) is 19.8. The Bertz CT molecular complexity index is 572. The van der Waals surface area contributed by atoms with Crippen LogP contribution >= 0.6 is 17.1 Å². The molecule has 0 aliphatic carbocycles. The molecule has 142 valence electrons. The van der Waals surface area contributed by atoms with E-state index in [0.717, 1.165) is 5.56 Å². The maximum absolute atomic E-state index is 6.05. The minimum absolute atomic E-state index is 0.0238. The first-order valence-electron chi connectivity index (χ1n) is 8.55. The van der Waals surface area contributed by atoms with E-state index in [-0.39, 0.29) is 17.5 Å². The van der Waals surface area contributed by atoms with Crippen LogP contribution in [0.5, 0.6) is 0 Å². The average Bonchev–Trinajstić information content (AvgIpc) is 2.44. The number of rotatable bonds is 10. The summed E-state index contributed by atoms with van der Waals surface area (Å²) in [7, 11) is -1.61. The van der Waals surface area contributed by atoms with Gasteiger partial charge < -0.3 is 13.5 Å². The number of hydrogen-bond donors (Lipinski definition) is 0. The van der Waals surface area contributed by atoms with Crippen LogP contribution in [-0.4, -0.2) is 20.5 Å². The molecule has 0 aromatic heterocycles. The second-order valence-electron chi connectivity index (χ2n) is 7.25. The van der Waals surface area contributed by atoms with E-state index in [4.69, 9.17) is 25.3 Å². The second-order valence-corrected chi connectivity index (χ2v) is 18.0. The fourth-order valence-electron chi connectivity index (χ4n) is 1.89. The van der Waals surface area contributed by atoms with E-state index in [2.05, 4.69) is 37.8 Å². The van der Waals surface area contributed by atoms with E-state index in [9.17, 15) is 0 Å². The molecule has 0 aliphatic heterocycles. The van der Waals surface area contributed by atoms with E-state index < -0.39 is 14.0 Å². The number of hydrogen-bond acceptors (Lipinski definition) is 5. The van der Waals surface area contributed by atoms with Crippen LogP contribution < -0.4 is 0 Å². The highest BCUT2D eigenvalue weighted by molar-refractivity contribution is 8.68. The van der Waals surface area contributed by atoms with Gasteiger partial charge in [-0.1, -0.05) is 41.7 Å². The van der Waals surface area contributed by atoms with Crippen LogP contribution in [0, 0.1) is 0 Å². The standard InChI is InChI=1S/C18H31O3PS2Si/c1-15(2)20-22(23,21-16(3)4)24-18(13-14-19-25(5,6)7)17-11-9-8-10-12-17/h8-16,18H,1-7H3/b14-13-. The molecular formula is C18H31O3PS2Si. The Balaban J connectivity index is 3.06. The minimum Gasteiger partial charge on any atom is -0.550 e. The number of benzene rings is 1. The molecule has 0 heterocycles. The van der Waals surface area contributed by atoms with Crippen molar-refractivity contribution in [2.75, 3.05) is 0 Å². The van der Waals surface area contributed by atoms with Crippen molar-refractivity contribution >= 4 is 37.2 Å². The summed E-state index contributed by atoms with van der Waals surface area (Å²) >= 11 is 7.40. The van der Waals surface area contributed by atoms with Crippen LogP contribution in [0.4, 0.5) is 0 Å². The molecule has 0 saturated carbocycles. The molecule has 1 rings (SSSR count). The first-order valence-corrected chi connectivity index (χ1v) is 16.1.